The van der Waals surface area contributed by atoms with Crippen molar-refractivity contribution in [1.29, 1.82) is 0 Å². The molecule has 18 heavy (non-hydrogen) atoms. The molecule has 1 heterocycles. The topological polar surface area (TPSA) is 65.5 Å². The molecule has 0 aliphatic carbocycles. The van der Waals surface area contributed by atoms with Crippen LogP contribution in [-0.2, 0) is 0 Å². The molecule has 1 unspecified atom stereocenters. The number of nitrogens with one attached hydrogen (secondary N) is 1. The summed E-state index contributed by atoms with van der Waals surface area (Å²) >= 11 is 5.86. The number of aromatic nitrogens is 1. The molecule has 0 fully saturated rings. The Labute approximate surface area is 112 Å². The number of carbonyl (C=O) groups excluding carboxylic acids is 1. The molecule has 1 atom stereocenters. The summed E-state index contributed by atoms with van der Waals surface area (Å²) in [6.45, 7) is 5.67. The van der Waals surface area contributed by atoms with Gasteiger partial charge < -0.3 is 15.3 Å². The van der Waals surface area contributed by atoms with E-state index in [-0.39, 0.29) is 23.8 Å². The van der Waals surface area contributed by atoms with Crippen LogP contribution in [0.25, 0.3) is 0 Å². The first kappa shape index (κ1) is 14.7. The summed E-state index contributed by atoms with van der Waals surface area (Å²) in [6, 6.07) is 3.04. The number of aliphatic hydroxyl groups is 1. The van der Waals surface area contributed by atoms with Crippen LogP contribution in [0, 0.1) is 0 Å². The fourth-order valence-corrected chi connectivity index (χ4v) is 1.65. The van der Waals surface area contributed by atoms with Crippen LogP contribution < -0.4 is 5.32 Å². The summed E-state index contributed by atoms with van der Waals surface area (Å²) < 4.78 is 0. The minimum atomic E-state index is -0.581. The fraction of sp³-hybridized carbons (Fsp3) is 0.500. The van der Waals surface area contributed by atoms with E-state index in [1.165, 1.54) is 4.90 Å². The van der Waals surface area contributed by atoms with E-state index in [1.54, 1.807) is 25.3 Å². The number of carbonyl (C=O) groups is 1. The summed E-state index contributed by atoms with van der Waals surface area (Å²) in [5, 5.41) is 12.3. The molecule has 0 aliphatic heterocycles. The number of rotatable bonds is 4. The largest absolute Gasteiger partial charge is 0.392 e. The normalized spacial score (nSPS) is 12.3. The molecule has 0 aliphatic rings. The Morgan fingerprint density at radius 1 is 1.56 bits per heavy atom. The average Bonchev–Trinajstić information content (AvgIpc) is 2.28. The van der Waals surface area contributed by atoms with E-state index < -0.39 is 6.10 Å². The number of halogens is 1. The van der Waals surface area contributed by atoms with Crippen molar-refractivity contribution < 1.29 is 9.90 Å². The zero-order chi connectivity index (χ0) is 13.7. The summed E-state index contributed by atoms with van der Waals surface area (Å²) in [6.07, 6.45) is 0.969. The summed E-state index contributed by atoms with van der Waals surface area (Å²) in [7, 11) is 0. The van der Waals surface area contributed by atoms with E-state index in [2.05, 4.69) is 10.3 Å². The first-order valence-corrected chi connectivity index (χ1v) is 6.15. The van der Waals surface area contributed by atoms with Crippen LogP contribution in [0.3, 0.4) is 0 Å². The molecule has 2 amide bonds. The molecular weight excluding hydrogens is 254 g/mol. The number of anilines is 1. The molecule has 5 nitrogen and oxygen atoms in total. The predicted octanol–water partition coefficient (Wildman–Crippen LogP) is 2.36. The molecule has 0 saturated carbocycles. The molecular formula is C12H18ClN3O2. The number of pyridine rings is 1. The number of aliphatic hydroxyl groups excluding tert-OH is 1. The maximum atomic E-state index is 12.1. The van der Waals surface area contributed by atoms with Crippen molar-refractivity contribution in [3.8, 4) is 0 Å². The Kier molecular flexibility index (Phi) is 5.37. The Balaban J connectivity index is 2.76. The summed E-state index contributed by atoms with van der Waals surface area (Å²) in [4.78, 5) is 17.5. The summed E-state index contributed by atoms with van der Waals surface area (Å²) in [5.74, 6) is 0. The van der Waals surface area contributed by atoms with Gasteiger partial charge in [-0.2, -0.15) is 0 Å². The predicted molar refractivity (Wildman–Crippen MR) is 71.8 cm³/mol. The third kappa shape index (κ3) is 4.16. The first-order chi connectivity index (χ1) is 8.41. The molecule has 1 aromatic rings. The minimum Gasteiger partial charge on any atom is -0.392 e. The number of hydrogen-bond acceptors (Lipinski definition) is 3. The smallest absolute Gasteiger partial charge is 0.322 e. The van der Waals surface area contributed by atoms with Gasteiger partial charge in [-0.1, -0.05) is 11.6 Å². The van der Waals surface area contributed by atoms with Gasteiger partial charge in [0.05, 0.1) is 11.8 Å². The second-order valence-electron chi connectivity index (χ2n) is 4.37. The molecule has 0 radical (unpaired) electrons. The zero-order valence-corrected chi connectivity index (χ0v) is 11.5. The number of amides is 2. The van der Waals surface area contributed by atoms with E-state index in [0.717, 1.165) is 0 Å². The third-order valence-electron chi connectivity index (χ3n) is 2.35. The Morgan fingerprint density at radius 2 is 2.22 bits per heavy atom. The molecule has 0 aromatic carbocycles. The highest BCUT2D eigenvalue weighted by Gasteiger charge is 2.19. The fourth-order valence-electron chi connectivity index (χ4n) is 1.48. The van der Waals surface area contributed by atoms with Crippen molar-refractivity contribution >= 4 is 23.3 Å². The number of urea groups is 1. The van der Waals surface area contributed by atoms with Crippen molar-refractivity contribution in [3.63, 3.8) is 0 Å². The van der Waals surface area contributed by atoms with Crippen LogP contribution in [0.15, 0.2) is 18.3 Å². The van der Waals surface area contributed by atoms with Crippen LogP contribution in [0.5, 0.6) is 0 Å². The van der Waals surface area contributed by atoms with Crippen LogP contribution >= 0.6 is 11.6 Å². The van der Waals surface area contributed by atoms with Gasteiger partial charge >= 0.3 is 6.03 Å². The van der Waals surface area contributed by atoms with Gasteiger partial charge in [0.1, 0.15) is 0 Å². The minimum absolute atomic E-state index is 0.0185. The Hall–Kier alpha value is -1.33. The number of nitrogens with zero attached hydrogens (tertiary/aromatic N) is 2. The van der Waals surface area contributed by atoms with Crippen molar-refractivity contribution in [1.82, 2.24) is 9.88 Å². The summed E-state index contributed by atoms with van der Waals surface area (Å²) in [5.41, 5.74) is 0.459. The standard InChI is InChI=1S/C12H18ClN3O2/c1-8(2)16(7-9(3)17)12(18)15-10-5-4-6-14-11(10)13/h4-6,8-9,17H,7H2,1-3H3,(H,15,18). The van der Waals surface area contributed by atoms with E-state index >= 15 is 0 Å². The van der Waals surface area contributed by atoms with Gasteiger partial charge in [0.25, 0.3) is 0 Å². The van der Waals surface area contributed by atoms with Crippen molar-refractivity contribution in [2.45, 2.75) is 32.9 Å². The molecule has 0 spiro atoms. The van der Waals surface area contributed by atoms with E-state index in [4.69, 9.17) is 11.6 Å². The van der Waals surface area contributed by atoms with Crippen LogP contribution in [-0.4, -0.2) is 39.7 Å². The molecule has 1 rings (SSSR count). The Bertz CT molecular complexity index is 410. The first-order valence-electron chi connectivity index (χ1n) is 5.78. The van der Waals surface area contributed by atoms with Crippen LogP contribution in [0.4, 0.5) is 10.5 Å². The lowest BCUT2D eigenvalue weighted by molar-refractivity contribution is 0.125. The van der Waals surface area contributed by atoms with Crippen LogP contribution in [0.2, 0.25) is 5.15 Å². The maximum absolute atomic E-state index is 12.1. The monoisotopic (exact) mass is 271 g/mol. The highest BCUT2D eigenvalue weighted by atomic mass is 35.5. The van der Waals surface area contributed by atoms with E-state index in [9.17, 15) is 9.90 Å². The third-order valence-corrected chi connectivity index (χ3v) is 2.65. The number of hydrogen-bond donors (Lipinski definition) is 2. The SMILES string of the molecule is CC(O)CN(C(=O)Nc1cccnc1Cl)C(C)C. The van der Waals surface area contributed by atoms with Gasteiger partial charge in [-0.25, -0.2) is 9.78 Å². The molecule has 2 N–H and O–H groups in total. The lowest BCUT2D eigenvalue weighted by Crippen LogP contribution is -2.43. The lowest BCUT2D eigenvalue weighted by atomic mass is 10.3. The van der Waals surface area contributed by atoms with Crippen LogP contribution in [0.1, 0.15) is 20.8 Å². The van der Waals surface area contributed by atoms with Gasteiger partial charge in [0, 0.05) is 18.8 Å². The van der Waals surface area contributed by atoms with Gasteiger partial charge in [-0.3, -0.25) is 0 Å². The van der Waals surface area contributed by atoms with E-state index in [1.807, 2.05) is 13.8 Å². The average molecular weight is 272 g/mol. The highest BCUT2D eigenvalue weighted by Crippen LogP contribution is 2.18. The zero-order valence-electron chi connectivity index (χ0n) is 10.7. The van der Waals surface area contributed by atoms with Gasteiger partial charge in [-0.05, 0) is 32.9 Å². The van der Waals surface area contributed by atoms with Gasteiger partial charge in [0.2, 0.25) is 0 Å². The lowest BCUT2D eigenvalue weighted by Gasteiger charge is -2.28. The molecule has 100 valence electrons. The molecule has 0 bridgehead atoms. The second kappa shape index (κ2) is 6.56. The molecule has 0 saturated heterocycles. The second-order valence-corrected chi connectivity index (χ2v) is 4.73. The van der Waals surface area contributed by atoms with Crippen molar-refractivity contribution in [2.75, 3.05) is 11.9 Å². The van der Waals surface area contributed by atoms with Gasteiger partial charge in [0.15, 0.2) is 5.15 Å². The quantitative estimate of drug-likeness (QED) is 0.826. The Morgan fingerprint density at radius 3 is 2.72 bits per heavy atom. The highest BCUT2D eigenvalue weighted by molar-refractivity contribution is 6.32. The molecule has 6 heteroatoms. The van der Waals surface area contributed by atoms with E-state index in [0.29, 0.717) is 5.69 Å². The molecule has 1 aromatic heterocycles. The van der Waals surface area contributed by atoms with Crippen molar-refractivity contribution in [3.05, 3.63) is 23.5 Å². The van der Waals surface area contributed by atoms with Gasteiger partial charge in [-0.15, -0.1) is 0 Å². The maximum Gasteiger partial charge on any atom is 0.322 e. The van der Waals surface area contributed by atoms with Crippen molar-refractivity contribution in [2.24, 2.45) is 0 Å².